The molecule has 1 atom stereocenters. The molecule has 1 aliphatic rings. The minimum atomic E-state index is -0.774. The van der Waals surface area contributed by atoms with E-state index in [-0.39, 0.29) is 22.4 Å². The van der Waals surface area contributed by atoms with E-state index in [9.17, 15) is 19.7 Å². The van der Waals surface area contributed by atoms with Crippen LogP contribution in [0.4, 0.5) is 5.69 Å². The molecular formula is C21H17BrN2O6. The highest BCUT2D eigenvalue weighted by atomic mass is 79.9. The second kappa shape index (κ2) is 8.00. The number of nitro benzene ring substituents is 1. The molecule has 3 aromatic rings. The lowest BCUT2D eigenvalue weighted by atomic mass is 9.98. The molecule has 1 aliphatic heterocycles. The van der Waals surface area contributed by atoms with E-state index in [2.05, 4.69) is 15.9 Å². The van der Waals surface area contributed by atoms with E-state index in [0.717, 1.165) is 0 Å². The highest BCUT2D eigenvalue weighted by molar-refractivity contribution is 9.10. The van der Waals surface area contributed by atoms with Crippen LogP contribution in [0.1, 0.15) is 34.1 Å². The predicted octanol–water partition coefficient (Wildman–Crippen LogP) is 4.05. The normalized spacial score (nSPS) is 15.6. The van der Waals surface area contributed by atoms with Crippen LogP contribution in [0.15, 0.2) is 56.1 Å². The zero-order valence-corrected chi connectivity index (χ0v) is 17.5. The third-order valence-electron chi connectivity index (χ3n) is 5.07. The molecule has 30 heavy (non-hydrogen) atoms. The smallest absolute Gasteiger partial charge is 0.290 e. The Morgan fingerprint density at radius 2 is 2.03 bits per heavy atom. The average molecular weight is 473 g/mol. The van der Waals surface area contributed by atoms with Crippen LogP contribution in [0.5, 0.6) is 0 Å². The molecule has 2 heterocycles. The van der Waals surface area contributed by atoms with Crippen LogP contribution >= 0.6 is 15.9 Å². The van der Waals surface area contributed by atoms with Crippen molar-refractivity contribution in [3.8, 4) is 0 Å². The minimum absolute atomic E-state index is 0.0243. The zero-order valence-electron chi connectivity index (χ0n) is 16.0. The first-order valence-corrected chi connectivity index (χ1v) is 10.0. The molecule has 1 aromatic heterocycles. The fourth-order valence-corrected chi connectivity index (χ4v) is 4.12. The van der Waals surface area contributed by atoms with Crippen LogP contribution in [0, 0.1) is 10.1 Å². The summed E-state index contributed by atoms with van der Waals surface area (Å²) in [4.78, 5) is 38.8. The molecule has 8 nitrogen and oxygen atoms in total. The van der Waals surface area contributed by atoms with Gasteiger partial charge in [-0.3, -0.25) is 19.7 Å². The molecular weight excluding hydrogens is 456 g/mol. The van der Waals surface area contributed by atoms with Gasteiger partial charge < -0.3 is 14.1 Å². The van der Waals surface area contributed by atoms with Crippen molar-refractivity contribution in [2.75, 3.05) is 20.3 Å². The molecule has 0 bridgehead atoms. The fraction of sp³-hybridized carbons (Fsp3) is 0.238. The maximum atomic E-state index is 13.4. The van der Waals surface area contributed by atoms with Crippen molar-refractivity contribution in [3.63, 3.8) is 0 Å². The third-order valence-corrected chi connectivity index (χ3v) is 5.57. The summed E-state index contributed by atoms with van der Waals surface area (Å²) in [6, 6.07) is 10.2. The summed E-state index contributed by atoms with van der Waals surface area (Å²) in [7, 11) is 1.56. The number of hydrogen-bond donors (Lipinski definition) is 0. The third kappa shape index (κ3) is 3.40. The highest BCUT2D eigenvalue weighted by Crippen LogP contribution is 2.39. The quantitative estimate of drug-likeness (QED) is 0.304. The van der Waals surface area contributed by atoms with E-state index in [1.54, 1.807) is 37.4 Å². The molecule has 0 saturated heterocycles. The number of halogens is 1. The maximum Gasteiger partial charge on any atom is 0.290 e. The SMILES string of the molecule is COCCCN1C(=O)c2oc3ccc(Br)cc3c(=O)c2C1c1cccc([N+](=O)[O-])c1. The number of methoxy groups -OCH3 is 1. The van der Waals surface area contributed by atoms with Crippen LogP contribution in [-0.2, 0) is 4.74 Å². The summed E-state index contributed by atoms with van der Waals surface area (Å²) >= 11 is 3.35. The number of hydrogen-bond acceptors (Lipinski definition) is 6. The lowest BCUT2D eigenvalue weighted by molar-refractivity contribution is -0.384. The summed E-state index contributed by atoms with van der Waals surface area (Å²) in [5.74, 6) is -0.441. The molecule has 0 fully saturated rings. The van der Waals surface area contributed by atoms with Gasteiger partial charge in [-0.1, -0.05) is 28.1 Å². The van der Waals surface area contributed by atoms with Crippen LogP contribution in [0.25, 0.3) is 11.0 Å². The Labute approximate surface area is 179 Å². The topological polar surface area (TPSA) is 103 Å². The fourth-order valence-electron chi connectivity index (χ4n) is 3.76. The zero-order chi connectivity index (χ0) is 21.4. The first kappa shape index (κ1) is 20.2. The van der Waals surface area contributed by atoms with Gasteiger partial charge in [-0.25, -0.2) is 0 Å². The van der Waals surface area contributed by atoms with Crippen LogP contribution in [-0.4, -0.2) is 36.0 Å². The van der Waals surface area contributed by atoms with Gasteiger partial charge in [-0.2, -0.15) is 0 Å². The van der Waals surface area contributed by atoms with Crippen LogP contribution in [0.3, 0.4) is 0 Å². The Morgan fingerprint density at radius 1 is 1.23 bits per heavy atom. The van der Waals surface area contributed by atoms with Gasteiger partial charge in [0.05, 0.1) is 21.9 Å². The van der Waals surface area contributed by atoms with E-state index >= 15 is 0 Å². The van der Waals surface area contributed by atoms with Crippen molar-refractivity contribution in [1.29, 1.82) is 0 Å². The number of non-ortho nitro benzene ring substituents is 1. The summed E-state index contributed by atoms with van der Waals surface area (Å²) in [5.41, 5.74) is 0.551. The van der Waals surface area contributed by atoms with E-state index in [1.807, 2.05) is 0 Å². The van der Waals surface area contributed by atoms with Crippen molar-refractivity contribution in [2.45, 2.75) is 12.5 Å². The average Bonchev–Trinajstić information content (AvgIpc) is 3.01. The van der Waals surface area contributed by atoms with E-state index in [0.29, 0.717) is 40.6 Å². The van der Waals surface area contributed by atoms with E-state index in [1.165, 1.54) is 17.0 Å². The number of carbonyl (C=O) groups excluding carboxylic acids is 1. The molecule has 9 heteroatoms. The van der Waals surface area contributed by atoms with Crippen molar-refractivity contribution < 1.29 is 18.9 Å². The summed E-state index contributed by atoms with van der Waals surface area (Å²) in [6.45, 7) is 0.738. The van der Waals surface area contributed by atoms with Crippen LogP contribution in [0.2, 0.25) is 0 Å². The van der Waals surface area contributed by atoms with Crippen molar-refractivity contribution in [3.05, 3.63) is 84.2 Å². The second-order valence-electron chi connectivity index (χ2n) is 6.91. The van der Waals surface area contributed by atoms with E-state index < -0.39 is 16.9 Å². The first-order valence-electron chi connectivity index (χ1n) is 9.23. The van der Waals surface area contributed by atoms with Crippen LogP contribution < -0.4 is 5.43 Å². The number of ether oxygens (including phenoxy) is 1. The summed E-state index contributed by atoms with van der Waals surface area (Å²) in [5, 5.41) is 11.6. The summed E-state index contributed by atoms with van der Waals surface area (Å²) in [6.07, 6.45) is 0.543. The number of amides is 1. The Balaban J connectivity index is 1.93. The molecule has 0 saturated carbocycles. The van der Waals surface area contributed by atoms with E-state index in [4.69, 9.17) is 9.15 Å². The van der Waals surface area contributed by atoms with Gasteiger partial charge in [0.25, 0.3) is 11.6 Å². The lowest BCUT2D eigenvalue weighted by Crippen LogP contribution is -2.31. The molecule has 4 rings (SSSR count). The largest absolute Gasteiger partial charge is 0.450 e. The Bertz CT molecular complexity index is 1220. The molecule has 0 spiro atoms. The molecule has 1 amide bonds. The molecule has 1 unspecified atom stereocenters. The van der Waals surface area contributed by atoms with Crippen molar-refractivity contribution in [1.82, 2.24) is 4.90 Å². The number of nitrogens with zero attached hydrogens (tertiary/aromatic N) is 2. The minimum Gasteiger partial charge on any atom is -0.450 e. The summed E-state index contributed by atoms with van der Waals surface area (Å²) < 4.78 is 11.6. The Kier molecular flexibility index (Phi) is 5.40. The van der Waals surface area contributed by atoms with Crippen molar-refractivity contribution in [2.24, 2.45) is 0 Å². The van der Waals surface area contributed by atoms with Gasteiger partial charge in [0.15, 0.2) is 5.43 Å². The number of benzene rings is 2. The first-order chi connectivity index (χ1) is 14.4. The van der Waals surface area contributed by atoms with Gasteiger partial charge in [-0.15, -0.1) is 0 Å². The molecule has 154 valence electrons. The molecule has 0 aliphatic carbocycles. The monoisotopic (exact) mass is 472 g/mol. The number of nitro groups is 1. The predicted molar refractivity (Wildman–Crippen MR) is 113 cm³/mol. The van der Waals surface area contributed by atoms with Crippen molar-refractivity contribution >= 4 is 38.5 Å². The highest BCUT2D eigenvalue weighted by Gasteiger charge is 2.42. The standard InChI is InChI=1S/C21H17BrN2O6/c1-29-9-3-8-23-18(12-4-2-5-14(10-12)24(27)28)17-19(25)15-11-13(22)6-7-16(15)30-20(17)21(23)26/h2,4-7,10-11,18H,3,8-9H2,1H3. The number of fused-ring (bicyclic) bond motifs is 2. The Morgan fingerprint density at radius 3 is 2.77 bits per heavy atom. The van der Waals surface area contributed by atoms with Gasteiger partial charge in [0, 0.05) is 36.9 Å². The Hall–Kier alpha value is -3.04. The number of rotatable bonds is 6. The van der Waals surface area contributed by atoms with Gasteiger partial charge in [-0.05, 0) is 30.2 Å². The molecule has 0 N–H and O–H groups in total. The second-order valence-corrected chi connectivity index (χ2v) is 7.83. The molecule has 2 aromatic carbocycles. The van der Waals surface area contributed by atoms with Gasteiger partial charge >= 0.3 is 0 Å². The van der Waals surface area contributed by atoms with Gasteiger partial charge in [0.2, 0.25) is 5.76 Å². The van der Waals surface area contributed by atoms with Gasteiger partial charge in [0.1, 0.15) is 5.58 Å². The lowest BCUT2D eigenvalue weighted by Gasteiger charge is -2.24. The molecule has 0 radical (unpaired) electrons. The maximum absolute atomic E-state index is 13.4. The number of carbonyl (C=O) groups is 1.